The Kier molecular flexibility index (Phi) is 7.28. The molecule has 13 nitrogen and oxygen atoms in total. The molecule has 2 rings (SSSR count). The van der Waals surface area contributed by atoms with E-state index in [-0.39, 0.29) is 0 Å². The number of aliphatic carboxylic acids is 1. The van der Waals surface area contributed by atoms with Gasteiger partial charge in [0.1, 0.15) is 18.3 Å². The van der Waals surface area contributed by atoms with Crippen LogP contribution in [0.2, 0.25) is 0 Å². The lowest BCUT2D eigenvalue weighted by Gasteiger charge is -2.46. The highest BCUT2D eigenvalue weighted by molar-refractivity contribution is 5.77. The molecule has 1 aliphatic rings. The standard InChI is InChI=1S/C17H22N2O11/c1-8(21)18-13-10(22)6-17(16(25)26,30-15(13)14(24)11(23)7-20)29-12-5-3-2-4-9(12)19(27)28/h2-5,10-11,13-15,20,22-24H,6-7H2,1H3,(H,18,21)(H,25,26)/t10-,11+,13+,14+,15+,17-/m0/s1. The number of hydrogen-bond acceptors (Lipinski definition) is 10. The summed E-state index contributed by atoms with van der Waals surface area (Å²) in [6, 6.07) is 3.48. The maximum Gasteiger partial charge on any atom is 0.377 e. The smallest absolute Gasteiger partial charge is 0.377 e. The lowest BCUT2D eigenvalue weighted by molar-refractivity contribution is -0.387. The molecule has 1 amide bonds. The summed E-state index contributed by atoms with van der Waals surface area (Å²) < 4.78 is 10.7. The fourth-order valence-corrected chi connectivity index (χ4v) is 3.10. The molecule has 166 valence electrons. The van der Waals surface area contributed by atoms with Crippen molar-refractivity contribution in [3.05, 3.63) is 34.4 Å². The van der Waals surface area contributed by atoms with Crippen LogP contribution in [0, 0.1) is 10.1 Å². The first-order valence-electron chi connectivity index (χ1n) is 8.78. The van der Waals surface area contributed by atoms with Crippen LogP contribution < -0.4 is 10.1 Å². The first kappa shape index (κ1) is 23.4. The molecule has 0 bridgehead atoms. The highest BCUT2D eigenvalue weighted by Crippen LogP contribution is 2.37. The number of nitrogens with one attached hydrogen (secondary N) is 1. The van der Waals surface area contributed by atoms with Crippen LogP contribution >= 0.6 is 0 Å². The molecule has 0 radical (unpaired) electrons. The molecule has 1 heterocycles. The fourth-order valence-electron chi connectivity index (χ4n) is 3.10. The van der Waals surface area contributed by atoms with Gasteiger partial charge in [-0.1, -0.05) is 12.1 Å². The molecule has 0 unspecified atom stereocenters. The molecule has 1 fully saturated rings. The Hall–Kier alpha value is -2.84. The van der Waals surface area contributed by atoms with Crippen molar-refractivity contribution >= 4 is 17.6 Å². The van der Waals surface area contributed by atoms with E-state index in [0.29, 0.717) is 0 Å². The second-order valence-corrected chi connectivity index (χ2v) is 6.71. The molecular formula is C17H22N2O11. The van der Waals surface area contributed by atoms with Gasteiger partial charge in [0.2, 0.25) is 11.7 Å². The normalized spacial score (nSPS) is 28.2. The van der Waals surface area contributed by atoms with Crippen LogP contribution in [-0.2, 0) is 14.3 Å². The zero-order valence-electron chi connectivity index (χ0n) is 15.7. The second-order valence-electron chi connectivity index (χ2n) is 6.71. The van der Waals surface area contributed by atoms with Crippen molar-refractivity contribution in [3.63, 3.8) is 0 Å². The number of nitro benzene ring substituents is 1. The number of amides is 1. The van der Waals surface area contributed by atoms with E-state index in [0.717, 1.165) is 19.1 Å². The number of nitro groups is 1. The van der Waals surface area contributed by atoms with Gasteiger partial charge in [-0.2, -0.15) is 0 Å². The van der Waals surface area contributed by atoms with Crippen molar-refractivity contribution in [2.24, 2.45) is 0 Å². The zero-order valence-corrected chi connectivity index (χ0v) is 15.7. The summed E-state index contributed by atoms with van der Waals surface area (Å²) in [4.78, 5) is 33.9. The number of hydrogen-bond donors (Lipinski definition) is 6. The van der Waals surface area contributed by atoms with Crippen LogP contribution in [0.1, 0.15) is 13.3 Å². The first-order valence-corrected chi connectivity index (χ1v) is 8.78. The van der Waals surface area contributed by atoms with E-state index in [9.17, 15) is 40.1 Å². The van der Waals surface area contributed by atoms with Gasteiger partial charge in [0, 0.05) is 13.0 Å². The van der Waals surface area contributed by atoms with Crippen LogP contribution in [0.15, 0.2) is 24.3 Å². The predicted octanol–water partition coefficient (Wildman–Crippen LogP) is -1.88. The second kappa shape index (κ2) is 9.32. The van der Waals surface area contributed by atoms with Gasteiger partial charge < -0.3 is 40.3 Å². The average Bonchev–Trinajstić information content (AvgIpc) is 2.68. The molecule has 30 heavy (non-hydrogen) atoms. The molecule has 1 aromatic carbocycles. The number of nitrogens with zero attached hydrogens (tertiary/aromatic N) is 1. The summed E-state index contributed by atoms with van der Waals surface area (Å²) >= 11 is 0. The first-order chi connectivity index (χ1) is 14.0. The number of aliphatic hydroxyl groups is 4. The summed E-state index contributed by atoms with van der Waals surface area (Å²) in [5, 5.41) is 63.0. The molecule has 0 aliphatic carbocycles. The van der Waals surface area contributed by atoms with E-state index in [1.165, 1.54) is 12.1 Å². The Labute approximate surface area is 169 Å². The quantitative estimate of drug-likeness (QED) is 0.199. The molecule has 0 aromatic heterocycles. The Bertz CT molecular complexity index is 804. The van der Waals surface area contributed by atoms with Crippen molar-refractivity contribution in [2.75, 3.05) is 6.61 Å². The molecular weight excluding hydrogens is 408 g/mol. The van der Waals surface area contributed by atoms with E-state index < -0.39 is 77.5 Å². The number of benzene rings is 1. The predicted molar refractivity (Wildman–Crippen MR) is 96.3 cm³/mol. The number of carboxylic acid groups (broad SMARTS) is 1. The van der Waals surface area contributed by atoms with Crippen LogP contribution in [0.3, 0.4) is 0 Å². The monoisotopic (exact) mass is 430 g/mol. The van der Waals surface area contributed by atoms with Gasteiger partial charge in [-0.15, -0.1) is 0 Å². The highest BCUT2D eigenvalue weighted by Gasteiger charge is 2.57. The molecule has 6 atom stereocenters. The van der Waals surface area contributed by atoms with Gasteiger partial charge in [-0.25, -0.2) is 4.79 Å². The van der Waals surface area contributed by atoms with Gasteiger partial charge in [-0.3, -0.25) is 14.9 Å². The van der Waals surface area contributed by atoms with Crippen molar-refractivity contribution in [3.8, 4) is 5.75 Å². The Morgan fingerprint density at radius 2 is 2.03 bits per heavy atom. The van der Waals surface area contributed by atoms with Crippen molar-refractivity contribution < 1.29 is 49.5 Å². The maximum atomic E-state index is 12.0. The summed E-state index contributed by atoms with van der Waals surface area (Å²) in [6.45, 7) is 0.163. The summed E-state index contributed by atoms with van der Waals surface area (Å²) in [6.07, 6.45) is -7.95. The van der Waals surface area contributed by atoms with Crippen LogP contribution in [0.4, 0.5) is 5.69 Å². The third-order valence-electron chi connectivity index (χ3n) is 4.52. The number of para-hydroxylation sites is 2. The number of carbonyl (C=O) groups is 2. The number of rotatable bonds is 8. The number of carboxylic acids is 1. The van der Waals surface area contributed by atoms with Crippen LogP contribution in [0.25, 0.3) is 0 Å². The maximum absolute atomic E-state index is 12.0. The summed E-state index contributed by atoms with van der Waals surface area (Å²) in [5.41, 5.74) is -0.576. The van der Waals surface area contributed by atoms with Gasteiger partial charge in [0.15, 0.2) is 0 Å². The molecule has 0 saturated carbocycles. The zero-order chi connectivity index (χ0) is 22.6. The average molecular weight is 430 g/mol. The Morgan fingerprint density at radius 1 is 1.40 bits per heavy atom. The third-order valence-corrected chi connectivity index (χ3v) is 4.52. The molecule has 1 aromatic rings. The minimum atomic E-state index is -2.71. The van der Waals surface area contributed by atoms with Gasteiger partial charge in [0.05, 0.1) is 30.1 Å². The topological polar surface area (TPSA) is 209 Å². The SMILES string of the molecule is CC(=O)N[C@H]1[C@H]([C@H](O)[C@H](O)CO)O[C@](Oc2ccccc2[N+](=O)[O-])(C(=O)O)C[C@@H]1O. The molecule has 13 heteroatoms. The molecule has 1 saturated heterocycles. The molecule has 1 aliphatic heterocycles. The van der Waals surface area contributed by atoms with Crippen molar-refractivity contribution in [2.45, 2.75) is 49.6 Å². The number of carbonyl (C=O) groups excluding carboxylic acids is 1. The minimum Gasteiger partial charge on any atom is -0.476 e. The van der Waals surface area contributed by atoms with E-state index in [4.69, 9.17) is 14.6 Å². The van der Waals surface area contributed by atoms with E-state index >= 15 is 0 Å². The largest absolute Gasteiger partial charge is 0.476 e. The van der Waals surface area contributed by atoms with Crippen molar-refractivity contribution in [1.82, 2.24) is 5.32 Å². The number of aliphatic hydroxyl groups excluding tert-OH is 4. The van der Waals surface area contributed by atoms with Crippen LogP contribution in [-0.4, -0.2) is 85.2 Å². The number of ether oxygens (including phenoxy) is 2. The third kappa shape index (κ3) is 4.83. The van der Waals surface area contributed by atoms with Crippen LogP contribution in [0.5, 0.6) is 5.75 Å². The van der Waals surface area contributed by atoms with E-state index in [2.05, 4.69) is 5.32 Å². The highest BCUT2D eigenvalue weighted by atomic mass is 16.7. The summed E-state index contributed by atoms with van der Waals surface area (Å²) in [7, 11) is 0. The Morgan fingerprint density at radius 3 is 2.57 bits per heavy atom. The molecule has 6 N–H and O–H groups in total. The van der Waals surface area contributed by atoms with Crippen molar-refractivity contribution in [1.29, 1.82) is 0 Å². The Balaban J connectivity index is 2.49. The lowest BCUT2D eigenvalue weighted by Crippen LogP contribution is -2.68. The lowest BCUT2D eigenvalue weighted by atomic mass is 9.88. The summed E-state index contributed by atoms with van der Waals surface area (Å²) in [5.74, 6) is -5.62. The van der Waals surface area contributed by atoms with Gasteiger partial charge in [0.25, 0.3) is 0 Å². The van der Waals surface area contributed by atoms with Gasteiger partial charge >= 0.3 is 17.4 Å². The fraction of sp³-hybridized carbons (Fsp3) is 0.529. The van der Waals surface area contributed by atoms with E-state index in [1.807, 2.05) is 0 Å². The van der Waals surface area contributed by atoms with Gasteiger partial charge in [-0.05, 0) is 6.07 Å². The molecule has 0 spiro atoms. The van der Waals surface area contributed by atoms with E-state index in [1.54, 1.807) is 0 Å². The minimum absolute atomic E-state index is 0.481.